The third-order valence-corrected chi connectivity index (χ3v) is 1.79. The minimum absolute atomic E-state index is 0.0391. The number of hydrogen-bond acceptors (Lipinski definition) is 3. The number of benzene rings is 1. The summed E-state index contributed by atoms with van der Waals surface area (Å²) in [6.07, 6.45) is -1.69. The second-order valence-corrected chi connectivity index (χ2v) is 2.75. The lowest BCUT2D eigenvalue weighted by Gasteiger charge is -2.07. The molecule has 1 unspecified atom stereocenters. The van der Waals surface area contributed by atoms with Crippen molar-refractivity contribution in [3.63, 3.8) is 0 Å². The summed E-state index contributed by atoms with van der Waals surface area (Å²) in [5, 5.41) is 26.3. The molecule has 3 N–H and O–H groups in total. The van der Waals surface area contributed by atoms with Crippen LogP contribution in [0, 0.1) is 5.82 Å². The second kappa shape index (κ2) is 4.17. The number of hydrogen-bond donors (Lipinski definition) is 3. The number of aliphatic hydroxyl groups excluding tert-OH is 2. The van der Waals surface area contributed by atoms with E-state index < -0.39 is 24.5 Å². The Hall–Kier alpha value is -1.46. The molecule has 4 nitrogen and oxygen atoms in total. The van der Waals surface area contributed by atoms with Crippen LogP contribution < -0.4 is 0 Å². The van der Waals surface area contributed by atoms with Gasteiger partial charge in [-0.05, 0) is 17.7 Å². The van der Waals surface area contributed by atoms with E-state index in [9.17, 15) is 9.18 Å². The average molecular weight is 200 g/mol. The highest BCUT2D eigenvalue weighted by Gasteiger charge is 2.16. The van der Waals surface area contributed by atoms with Gasteiger partial charge in [0.25, 0.3) is 0 Å². The van der Waals surface area contributed by atoms with E-state index in [0.29, 0.717) is 0 Å². The Kier molecular flexibility index (Phi) is 3.16. The Labute approximate surface area is 79.2 Å². The van der Waals surface area contributed by atoms with E-state index in [0.717, 1.165) is 18.2 Å². The first-order valence-corrected chi connectivity index (χ1v) is 3.86. The van der Waals surface area contributed by atoms with Gasteiger partial charge in [0.2, 0.25) is 0 Å². The monoisotopic (exact) mass is 200 g/mol. The standard InChI is InChI=1S/C9H9FO4/c10-7-2-1-5(3-6(7)4-11)8(12)9(13)14/h1-3,8,11-12H,4H2,(H,13,14). The van der Waals surface area contributed by atoms with Crippen molar-refractivity contribution in [1.29, 1.82) is 0 Å². The Morgan fingerprint density at radius 2 is 2.14 bits per heavy atom. The molecule has 0 spiro atoms. The lowest BCUT2D eigenvalue weighted by Crippen LogP contribution is -2.11. The highest BCUT2D eigenvalue weighted by molar-refractivity contribution is 5.74. The Morgan fingerprint density at radius 3 is 2.64 bits per heavy atom. The van der Waals surface area contributed by atoms with Crippen LogP contribution in [0.5, 0.6) is 0 Å². The van der Waals surface area contributed by atoms with Crippen molar-refractivity contribution in [2.75, 3.05) is 0 Å². The molecule has 1 aromatic rings. The van der Waals surface area contributed by atoms with E-state index in [2.05, 4.69) is 0 Å². The first-order valence-electron chi connectivity index (χ1n) is 3.86. The van der Waals surface area contributed by atoms with E-state index in [1.54, 1.807) is 0 Å². The van der Waals surface area contributed by atoms with Gasteiger partial charge in [-0.3, -0.25) is 0 Å². The number of carbonyl (C=O) groups is 1. The molecule has 1 atom stereocenters. The SMILES string of the molecule is O=C(O)C(O)c1ccc(F)c(CO)c1. The van der Waals surface area contributed by atoms with E-state index in [1.807, 2.05) is 0 Å². The van der Waals surface area contributed by atoms with Crippen LogP contribution >= 0.6 is 0 Å². The fourth-order valence-corrected chi connectivity index (χ4v) is 1.03. The fourth-order valence-electron chi connectivity index (χ4n) is 1.03. The summed E-state index contributed by atoms with van der Waals surface area (Å²) in [7, 11) is 0. The smallest absolute Gasteiger partial charge is 0.337 e. The van der Waals surface area contributed by atoms with Gasteiger partial charge in [0.15, 0.2) is 6.10 Å². The van der Waals surface area contributed by atoms with Gasteiger partial charge in [0.05, 0.1) is 6.61 Å². The third kappa shape index (κ3) is 2.07. The van der Waals surface area contributed by atoms with Crippen LogP contribution in [0.15, 0.2) is 18.2 Å². The Bertz CT molecular complexity index is 351. The van der Waals surface area contributed by atoms with Crippen molar-refractivity contribution in [3.8, 4) is 0 Å². The van der Waals surface area contributed by atoms with Gasteiger partial charge in [-0.1, -0.05) is 6.07 Å². The molecule has 0 saturated carbocycles. The minimum atomic E-state index is -1.69. The predicted molar refractivity (Wildman–Crippen MR) is 44.9 cm³/mol. The van der Waals surface area contributed by atoms with Crippen molar-refractivity contribution >= 4 is 5.97 Å². The van der Waals surface area contributed by atoms with E-state index in [1.165, 1.54) is 0 Å². The van der Waals surface area contributed by atoms with E-state index >= 15 is 0 Å². The molecule has 0 saturated heterocycles. The predicted octanol–water partition coefficient (Wildman–Crippen LogP) is 0.436. The van der Waals surface area contributed by atoms with Gasteiger partial charge in [-0.15, -0.1) is 0 Å². The first-order chi connectivity index (χ1) is 6.56. The molecule has 76 valence electrons. The summed E-state index contributed by atoms with van der Waals surface area (Å²) in [6.45, 7) is -0.536. The maximum atomic E-state index is 12.8. The number of carboxylic acids is 1. The summed E-state index contributed by atoms with van der Waals surface area (Å²) < 4.78 is 12.8. The fraction of sp³-hybridized carbons (Fsp3) is 0.222. The van der Waals surface area contributed by atoms with Crippen LogP contribution in [-0.2, 0) is 11.4 Å². The lowest BCUT2D eigenvalue weighted by molar-refractivity contribution is -0.146. The maximum Gasteiger partial charge on any atom is 0.337 e. The molecule has 0 heterocycles. The average Bonchev–Trinajstić information content (AvgIpc) is 2.17. The minimum Gasteiger partial charge on any atom is -0.479 e. The zero-order chi connectivity index (χ0) is 10.7. The van der Waals surface area contributed by atoms with Crippen molar-refractivity contribution in [2.24, 2.45) is 0 Å². The number of aliphatic hydroxyl groups is 2. The number of halogens is 1. The molecule has 0 aliphatic carbocycles. The van der Waals surface area contributed by atoms with Crippen LogP contribution in [0.1, 0.15) is 17.2 Å². The molecule has 0 amide bonds. The van der Waals surface area contributed by atoms with Crippen LogP contribution in [0.25, 0.3) is 0 Å². The largest absolute Gasteiger partial charge is 0.479 e. The van der Waals surface area contributed by atoms with Crippen molar-refractivity contribution in [1.82, 2.24) is 0 Å². The molecular formula is C9H9FO4. The summed E-state index contributed by atoms with van der Waals surface area (Å²) in [6, 6.07) is 3.29. The van der Waals surface area contributed by atoms with E-state index in [4.69, 9.17) is 15.3 Å². The Morgan fingerprint density at radius 1 is 1.50 bits per heavy atom. The molecule has 14 heavy (non-hydrogen) atoms. The maximum absolute atomic E-state index is 12.8. The summed E-state index contributed by atoms with van der Waals surface area (Å²) >= 11 is 0. The number of aliphatic carboxylic acids is 1. The molecule has 1 rings (SSSR count). The van der Waals surface area contributed by atoms with Crippen LogP contribution in [0.2, 0.25) is 0 Å². The molecule has 1 aromatic carbocycles. The first kappa shape index (κ1) is 10.6. The highest BCUT2D eigenvalue weighted by atomic mass is 19.1. The topological polar surface area (TPSA) is 77.8 Å². The summed E-state index contributed by atoms with van der Waals surface area (Å²) in [5.74, 6) is -2.05. The van der Waals surface area contributed by atoms with Gasteiger partial charge in [0, 0.05) is 5.56 Å². The van der Waals surface area contributed by atoms with Crippen LogP contribution in [0.3, 0.4) is 0 Å². The van der Waals surface area contributed by atoms with Crippen LogP contribution in [0.4, 0.5) is 4.39 Å². The number of rotatable bonds is 3. The van der Waals surface area contributed by atoms with Crippen molar-refractivity contribution in [2.45, 2.75) is 12.7 Å². The highest BCUT2D eigenvalue weighted by Crippen LogP contribution is 2.17. The molecule has 0 radical (unpaired) electrons. The lowest BCUT2D eigenvalue weighted by atomic mass is 10.1. The molecule has 0 fully saturated rings. The second-order valence-electron chi connectivity index (χ2n) is 2.75. The quantitative estimate of drug-likeness (QED) is 0.661. The van der Waals surface area contributed by atoms with Crippen molar-refractivity contribution in [3.05, 3.63) is 35.1 Å². The van der Waals surface area contributed by atoms with Crippen molar-refractivity contribution < 1.29 is 24.5 Å². The molecule has 0 aliphatic rings. The van der Waals surface area contributed by atoms with Gasteiger partial charge < -0.3 is 15.3 Å². The number of carboxylic acid groups (broad SMARTS) is 1. The molecule has 0 aromatic heterocycles. The molecule has 0 bridgehead atoms. The van der Waals surface area contributed by atoms with Crippen LogP contribution in [-0.4, -0.2) is 21.3 Å². The third-order valence-electron chi connectivity index (χ3n) is 1.79. The Balaban J connectivity index is 3.06. The van der Waals surface area contributed by atoms with Gasteiger partial charge in [0.1, 0.15) is 5.82 Å². The molecule has 5 heteroatoms. The molecular weight excluding hydrogens is 191 g/mol. The normalized spacial score (nSPS) is 12.5. The van der Waals surface area contributed by atoms with Gasteiger partial charge in [-0.2, -0.15) is 0 Å². The van der Waals surface area contributed by atoms with E-state index in [-0.39, 0.29) is 11.1 Å². The molecule has 0 aliphatic heterocycles. The zero-order valence-electron chi connectivity index (χ0n) is 7.14. The zero-order valence-corrected chi connectivity index (χ0v) is 7.14. The summed E-state index contributed by atoms with van der Waals surface area (Å²) in [4.78, 5) is 10.4. The van der Waals surface area contributed by atoms with Gasteiger partial charge >= 0.3 is 5.97 Å². The van der Waals surface area contributed by atoms with Gasteiger partial charge in [-0.25, -0.2) is 9.18 Å². The summed E-state index contributed by atoms with van der Waals surface area (Å²) in [5.41, 5.74) is 0.00532.